The zero-order valence-electron chi connectivity index (χ0n) is 36.5. The maximum Gasteiger partial charge on any atom is 0.0774 e. The van der Waals surface area contributed by atoms with Gasteiger partial charge in [-0.05, 0) is 75.6 Å². The Hall–Kier alpha value is -6.65. The van der Waals surface area contributed by atoms with Gasteiger partial charge in [-0.15, -0.1) is 42.0 Å². The molecule has 0 bridgehead atoms. The minimum absolute atomic E-state index is 0. The third-order valence-electron chi connectivity index (χ3n) is 10.5. The SMILES string of the molecule is CC(C)(C)c1cc(-c2ccccc2)c(-n2c(-c3[c-]oc4cc(-c5ccccc5)ccc34)nc3ccccc32)c(-c2ccccc2)c1.[2H]C([2H])([2H])c1ccc(-c2[c-]cccc2)nc1.[Ir]. The van der Waals surface area contributed by atoms with E-state index in [4.69, 9.17) is 13.5 Å². The molecule has 0 saturated carbocycles. The number of hydrogen-bond donors (Lipinski definition) is 0. The van der Waals surface area contributed by atoms with Crippen molar-refractivity contribution in [3.8, 4) is 61.7 Å². The van der Waals surface area contributed by atoms with Crippen LogP contribution in [0.4, 0.5) is 0 Å². The van der Waals surface area contributed by atoms with Crippen molar-refractivity contribution in [3.63, 3.8) is 0 Å². The van der Waals surface area contributed by atoms with Crippen LogP contribution in [0.15, 0.2) is 193 Å². The van der Waals surface area contributed by atoms with Crippen LogP contribution >= 0.6 is 0 Å². The van der Waals surface area contributed by atoms with Crippen molar-refractivity contribution in [2.45, 2.75) is 33.0 Å². The fourth-order valence-corrected chi connectivity index (χ4v) is 7.46. The van der Waals surface area contributed by atoms with Crippen molar-refractivity contribution in [2.75, 3.05) is 0 Å². The number of furan rings is 1. The Labute approximate surface area is 369 Å². The molecule has 10 aromatic rings. The number of rotatable bonds is 6. The van der Waals surface area contributed by atoms with Crippen molar-refractivity contribution in [1.29, 1.82) is 0 Å². The van der Waals surface area contributed by atoms with Crippen LogP contribution in [0.1, 0.15) is 36.0 Å². The van der Waals surface area contributed by atoms with E-state index in [1.54, 1.807) is 18.2 Å². The predicted molar refractivity (Wildman–Crippen MR) is 243 cm³/mol. The molecule has 0 spiro atoms. The van der Waals surface area contributed by atoms with Gasteiger partial charge >= 0.3 is 0 Å². The summed E-state index contributed by atoms with van der Waals surface area (Å²) in [6.45, 7) is 4.74. The number of pyridine rings is 1. The first-order valence-corrected chi connectivity index (χ1v) is 19.7. The van der Waals surface area contributed by atoms with Gasteiger partial charge in [0.05, 0.1) is 22.5 Å². The van der Waals surface area contributed by atoms with E-state index in [0.717, 1.165) is 83.7 Å². The van der Waals surface area contributed by atoms with Gasteiger partial charge in [-0.2, -0.15) is 0 Å². The van der Waals surface area contributed by atoms with Crippen LogP contribution in [0.2, 0.25) is 0 Å². The third-order valence-corrected chi connectivity index (χ3v) is 10.5. The molecule has 5 heteroatoms. The molecule has 0 unspecified atom stereocenters. The maximum absolute atomic E-state index is 7.23. The molecule has 60 heavy (non-hydrogen) atoms. The summed E-state index contributed by atoms with van der Waals surface area (Å²) < 4.78 is 30.2. The molecule has 0 amide bonds. The monoisotopic (exact) mass is 957 g/mol. The first kappa shape index (κ1) is 36.4. The molecular formula is C55H43IrN3O-2. The van der Waals surface area contributed by atoms with E-state index in [9.17, 15) is 0 Å². The van der Waals surface area contributed by atoms with E-state index in [0.29, 0.717) is 0 Å². The van der Waals surface area contributed by atoms with E-state index in [2.05, 4.69) is 176 Å². The van der Waals surface area contributed by atoms with Crippen LogP contribution in [-0.4, -0.2) is 14.5 Å². The number of para-hydroxylation sites is 2. The average Bonchev–Trinajstić information content (AvgIpc) is 3.91. The van der Waals surface area contributed by atoms with Crippen LogP contribution in [0.5, 0.6) is 0 Å². The second-order valence-corrected chi connectivity index (χ2v) is 15.5. The molecule has 0 aliphatic carbocycles. The van der Waals surface area contributed by atoms with Crippen molar-refractivity contribution in [1.82, 2.24) is 14.5 Å². The first-order chi connectivity index (χ1) is 30.0. The summed E-state index contributed by atoms with van der Waals surface area (Å²) in [5, 5.41) is 0.977. The Morgan fingerprint density at radius 3 is 1.87 bits per heavy atom. The van der Waals surface area contributed by atoms with Gasteiger partial charge in [-0.3, -0.25) is 4.98 Å². The normalized spacial score (nSPS) is 12.2. The summed E-state index contributed by atoms with van der Waals surface area (Å²) in [6.07, 6.45) is 4.67. The Morgan fingerprint density at radius 1 is 0.633 bits per heavy atom. The van der Waals surface area contributed by atoms with Gasteiger partial charge in [-0.1, -0.05) is 159 Å². The average molecular weight is 957 g/mol. The molecule has 1 radical (unpaired) electrons. The maximum atomic E-state index is 7.23. The largest absolute Gasteiger partial charge is 0.557 e. The number of hydrogen-bond acceptors (Lipinski definition) is 3. The molecule has 0 N–H and O–H groups in total. The quantitative estimate of drug-likeness (QED) is 0.156. The summed E-state index contributed by atoms with van der Waals surface area (Å²) in [7, 11) is 0. The van der Waals surface area contributed by atoms with Gasteiger partial charge < -0.3 is 14.0 Å². The second-order valence-electron chi connectivity index (χ2n) is 15.5. The van der Waals surface area contributed by atoms with Crippen LogP contribution in [0.3, 0.4) is 0 Å². The minimum Gasteiger partial charge on any atom is -0.557 e. The number of aromatic nitrogens is 3. The first-order valence-electron chi connectivity index (χ1n) is 21.2. The van der Waals surface area contributed by atoms with Crippen molar-refractivity contribution in [3.05, 3.63) is 212 Å². The number of imidazole rings is 1. The molecule has 0 aliphatic rings. The minimum atomic E-state index is -2.09. The van der Waals surface area contributed by atoms with Crippen molar-refractivity contribution in [2.24, 2.45) is 0 Å². The molecule has 4 nitrogen and oxygen atoms in total. The molecule has 0 fully saturated rings. The summed E-state index contributed by atoms with van der Waals surface area (Å²) >= 11 is 0. The Kier molecular flexibility index (Phi) is 10.5. The molecule has 7 aromatic carbocycles. The molecule has 295 valence electrons. The van der Waals surface area contributed by atoms with Gasteiger partial charge in [0.15, 0.2) is 0 Å². The molecule has 0 saturated heterocycles. The fourth-order valence-electron chi connectivity index (χ4n) is 7.46. The molecule has 10 rings (SSSR count). The molecule has 0 aliphatic heterocycles. The van der Waals surface area contributed by atoms with Gasteiger partial charge in [0.1, 0.15) is 0 Å². The Morgan fingerprint density at radius 2 is 1.27 bits per heavy atom. The molecular weight excluding hydrogens is 911 g/mol. The van der Waals surface area contributed by atoms with Gasteiger partial charge in [0.25, 0.3) is 0 Å². The number of aryl methyl sites for hydroxylation is 1. The molecule has 3 heterocycles. The fraction of sp³-hybridized carbons (Fsp3) is 0.0909. The van der Waals surface area contributed by atoms with E-state index < -0.39 is 6.85 Å². The Balaban J connectivity index is 0.000000271. The van der Waals surface area contributed by atoms with Crippen LogP contribution in [0, 0.1) is 19.2 Å². The van der Waals surface area contributed by atoms with E-state index in [-0.39, 0.29) is 31.1 Å². The van der Waals surface area contributed by atoms with E-state index >= 15 is 0 Å². The van der Waals surface area contributed by atoms with Gasteiger partial charge in [-0.25, -0.2) is 0 Å². The number of fused-ring (bicyclic) bond motifs is 2. The van der Waals surface area contributed by atoms with Crippen molar-refractivity contribution >= 4 is 22.0 Å². The predicted octanol–water partition coefficient (Wildman–Crippen LogP) is 14.4. The summed E-state index contributed by atoms with van der Waals surface area (Å²) in [4.78, 5) is 9.40. The third kappa shape index (κ3) is 8.15. The Bertz CT molecular complexity index is 3060. The van der Waals surface area contributed by atoms with E-state index in [1.165, 1.54) is 11.8 Å². The van der Waals surface area contributed by atoms with E-state index in [1.807, 2.05) is 30.3 Å². The van der Waals surface area contributed by atoms with Gasteiger partial charge in [0, 0.05) is 53.4 Å². The van der Waals surface area contributed by atoms with Crippen LogP contribution in [-0.2, 0) is 25.5 Å². The van der Waals surface area contributed by atoms with Gasteiger partial charge in [0.2, 0.25) is 0 Å². The topological polar surface area (TPSA) is 43.9 Å². The molecule has 0 atom stereocenters. The summed E-state index contributed by atoms with van der Waals surface area (Å²) in [5.74, 6) is 0.797. The van der Waals surface area contributed by atoms with Crippen LogP contribution < -0.4 is 0 Å². The zero-order chi connectivity index (χ0) is 42.8. The standard InChI is InChI=1S/C43H33N2O.C12H10N.Ir/c1-43(2,3)33-26-35(30-17-9-5-10-18-30)41(36(27-33)31-19-11-6-12-20-31)45-39-22-14-13-21-38(39)44-42(45)37-28-46-40-25-32(23-24-34(37)40)29-15-7-4-8-16-29;1-10-7-8-12(13-9-10)11-5-3-2-4-6-11;/h4-27H,1-3H3;2-5,7-9H,1H3;/q2*-1;/i;1D3;. The number of benzene rings is 7. The van der Waals surface area contributed by atoms with Crippen LogP contribution in [0.25, 0.3) is 83.7 Å². The molecule has 3 aromatic heterocycles. The zero-order valence-corrected chi connectivity index (χ0v) is 35.9. The number of nitrogens with zero attached hydrogens (tertiary/aromatic N) is 3. The smallest absolute Gasteiger partial charge is 0.0774 e. The van der Waals surface area contributed by atoms with Crippen molar-refractivity contribution < 1.29 is 28.6 Å². The second kappa shape index (κ2) is 17.3. The summed E-state index contributed by atoms with van der Waals surface area (Å²) in [6, 6.07) is 65.0. The summed E-state index contributed by atoms with van der Waals surface area (Å²) in [5.41, 5.74) is 14.6.